The second kappa shape index (κ2) is 18.3. The number of hydrogen-bond acceptors (Lipinski definition) is 1. The van der Waals surface area contributed by atoms with Crippen molar-refractivity contribution < 1.29 is 9.90 Å². The average Bonchev–Trinajstić information content (AvgIpc) is 2.50. The monoisotopic (exact) mass is 312 g/mol. The highest BCUT2D eigenvalue weighted by atomic mass is 16.4. The molecule has 0 fully saturated rings. The zero-order chi connectivity index (χ0) is 16.3. The number of unbranched alkanes of at least 4 members (excludes halogenated alkanes) is 15. The Hall–Kier alpha value is -0.730. The quantitative estimate of drug-likeness (QED) is 0.310. The Bertz CT molecular complexity index is 231. The van der Waals surface area contributed by atoms with Gasteiger partial charge in [0.15, 0.2) is 0 Å². The average molecular weight is 313 g/mol. The van der Waals surface area contributed by atoms with Gasteiger partial charge in [0.05, 0.1) is 0 Å². The number of rotatable bonds is 17. The standard InChI is InChI=1S/C19H38NO2/c1-2-3-4-5-6-7-8-9-10-11-12-13-14-15-16-17-18-20-19(21)22/h2-18H2,1H3,(H,21,22). The highest BCUT2D eigenvalue weighted by Crippen LogP contribution is 2.13. The Morgan fingerprint density at radius 1 is 0.636 bits per heavy atom. The highest BCUT2D eigenvalue weighted by molar-refractivity contribution is 5.63. The molecule has 0 aliphatic carbocycles. The molecule has 3 heteroatoms. The number of carbonyl (C=O) groups is 1. The van der Waals surface area contributed by atoms with E-state index in [4.69, 9.17) is 5.11 Å². The molecule has 0 unspecified atom stereocenters. The summed E-state index contributed by atoms with van der Waals surface area (Å²) >= 11 is 0. The Labute approximate surface area is 138 Å². The van der Waals surface area contributed by atoms with Crippen LogP contribution in [0.5, 0.6) is 0 Å². The molecular formula is C19H38NO2. The van der Waals surface area contributed by atoms with E-state index in [-0.39, 0.29) is 0 Å². The number of carboxylic acid groups (broad SMARTS) is 1. The number of hydrogen-bond donors (Lipinski definition) is 1. The first-order valence-electron chi connectivity index (χ1n) is 9.67. The lowest BCUT2D eigenvalue weighted by atomic mass is 10.0. The van der Waals surface area contributed by atoms with Crippen LogP contribution < -0.4 is 5.32 Å². The molecular weight excluding hydrogens is 274 g/mol. The van der Waals surface area contributed by atoms with Crippen LogP contribution in [0, 0.1) is 0 Å². The van der Waals surface area contributed by atoms with Gasteiger partial charge in [-0.25, -0.2) is 10.1 Å². The largest absolute Gasteiger partial charge is 0.464 e. The molecule has 0 aromatic carbocycles. The summed E-state index contributed by atoms with van der Waals surface area (Å²) in [7, 11) is 0. The topological polar surface area (TPSA) is 51.4 Å². The summed E-state index contributed by atoms with van der Waals surface area (Å²) in [5.41, 5.74) is 0. The third-order valence-corrected chi connectivity index (χ3v) is 4.26. The van der Waals surface area contributed by atoms with Crippen molar-refractivity contribution >= 4 is 6.09 Å². The Morgan fingerprint density at radius 3 is 1.27 bits per heavy atom. The first-order chi connectivity index (χ1) is 10.8. The van der Waals surface area contributed by atoms with E-state index < -0.39 is 6.09 Å². The van der Waals surface area contributed by atoms with Crippen molar-refractivity contribution in [2.24, 2.45) is 0 Å². The predicted molar refractivity (Wildman–Crippen MR) is 94.6 cm³/mol. The maximum Gasteiger partial charge on any atom is 0.426 e. The molecule has 0 heterocycles. The van der Waals surface area contributed by atoms with Gasteiger partial charge < -0.3 is 5.11 Å². The summed E-state index contributed by atoms with van der Waals surface area (Å²) in [4.78, 5) is 10.2. The number of amides is 1. The summed E-state index contributed by atoms with van der Waals surface area (Å²) in [6, 6.07) is 0. The third kappa shape index (κ3) is 19.3. The van der Waals surface area contributed by atoms with Gasteiger partial charge in [0.25, 0.3) is 0 Å². The molecule has 0 rings (SSSR count). The van der Waals surface area contributed by atoms with Gasteiger partial charge in [-0.1, -0.05) is 103 Å². The fraction of sp³-hybridized carbons (Fsp3) is 0.947. The Balaban J connectivity index is 2.95. The van der Waals surface area contributed by atoms with Crippen molar-refractivity contribution in [2.45, 2.75) is 110 Å². The van der Waals surface area contributed by atoms with Crippen LogP contribution in [-0.4, -0.2) is 17.7 Å². The normalized spacial score (nSPS) is 10.8. The van der Waals surface area contributed by atoms with Crippen molar-refractivity contribution in [1.82, 2.24) is 5.32 Å². The van der Waals surface area contributed by atoms with E-state index in [1.165, 1.54) is 89.9 Å². The number of nitrogens with zero attached hydrogens (tertiary/aromatic N) is 1. The third-order valence-electron chi connectivity index (χ3n) is 4.26. The minimum atomic E-state index is -1.03. The lowest BCUT2D eigenvalue weighted by Crippen LogP contribution is -2.13. The van der Waals surface area contributed by atoms with E-state index in [0.29, 0.717) is 6.54 Å². The van der Waals surface area contributed by atoms with E-state index in [0.717, 1.165) is 12.8 Å². The van der Waals surface area contributed by atoms with Crippen LogP contribution in [0.1, 0.15) is 110 Å². The van der Waals surface area contributed by atoms with E-state index in [2.05, 4.69) is 12.2 Å². The zero-order valence-corrected chi connectivity index (χ0v) is 14.8. The molecule has 0 aliphatic heterocycles. The summed E-state index contributed by atoms with van der Waals surface area (Å²) in [6.07, 6.45) is 20.4. The molecule has 1 amide bonds. The summed E-state index contributed by atoms with van der Waals surface area (Å²) < 4.78 is 0. The second-order valence-corrected chi connectivity index (χ2v) is 6.47. The van der Waals surface area contributed by atoms with E-state index >= 15 is 0 Å². The zero-order valence-electron chi connectivity index (χ0n) is 14.8. The molecule has 1 N–H and O–H groups in total. The first kappa shape index (κ1) is 21.3. The van der Waals surface area contributed by atoms with Gasteiger partial charge in [-0.05, 0) is 6.42 Å². The molecule has 1 radical (unpaired) electrons. The van der Waals surface area contributed by atoms with Gasteiger partial charge in [-0.2, -0.15) is 0 Å². The van der Waals surface area contributed by atoms with Crippen LogP contribution in [0.15, 0.2) is 0 Å². The van der Waals surface area contributed by atoms with Crippen LogP contribution in [0.3, 0.4) is 0 Å². The lowest BCUT2D eigenvalue weighted by molar-refractivity contribution is 0.193. The van der Waals surface area contributed by atoms with Crippen molar-refractivity contribution in [3.63, 3.8) is 0 Å². The lowest BCUT2D eigenvalue weighted by Gasteiger charge is -2.03. The molecule has 0 saturated carbocycles. The van der Waals surface area contributed by atoms with E-state index in [9.17, 15) is 4.79 Å². The van der Waals surface area contributed by atoms with E-state index in [1.807, 2.05) is 0 Å². The predicted octanol–water partition coefficient (Wildman–Crippen LogP) is 6.53. The summed E-state index contributed by atoms with van der Waals surface area (Å²) in [6.45, 7) is 2.75. The minimum absolute atomic E-state index is 0.480. The molecule has 0 aromatic rings. The fourth-order valence-corrected chi connectivity index (χ4v) is 2.83. The first-order valence-corrected chi connectivity index (χ1v) is 9.67. The molecule has 22 heavy (non-hydrogen) atoms. The van der Waals surface area contributed by atoms with Crippen LogP contribution >= 0.6 is 0 Å². The highest BCUT2D eigenvalue weighted by Gasteiger charge is 1.97. The molecule has 3 nitrogen and oxygen atoms in total. The molecule has 0 saturated heterocycles. The van der Waals surface area contributed by atoms with Crippen LogP contribution in [0.2, 0.25) is 0 Å². The molecule has 0 spiro atoms. The van der Waals surface area contributed by atoms with Gasteiger partial charge in [0.1, 0.15) is 0 Å². The molecule has 0 aliphatic rings. The van der Waals surface area contributed by atoms with Gasteiger partial charge in [-0.3, -0.25) is 0 Å². The minimum Gasteiger partial charge on any atom is -0.464 e. The van der Waals surface area contributed by atoms with Crippen LogP contribution in [0.4, 0.5) is 4.79 Å². The summed E-state index contributed by atoms with van der Waals surface area (Å²) in [5, 5.41) is 11.8. The van der Waals surface area contributed by atoms with Crippen molar-refractivity contribution in [2.75, 3.05) is 6.54 Å². The van der Waals surface area contributed by atoms with Crippen molar-refractivity contribution in [3.8, 4) is 0 Å². The second-order valence-electron chi connectivity index (χ2n) is 6.47. The van der Waals surface area contributed by atoms with Crippen molar-refractivity contribution in [1.29, 1.82) is 0 Å². The molecule has 131 valence electrons. The van der Waals surface area contributed by atoms with E-state index in [1.54, 1.807) is 0 Å². The molecule has 0 atom stereocenters. The Kier molecular flexibility index (Phi) is 17.7. The van der Waals surface area contributed by atoms with Gasteiger partial charge in [0, 0.05) is 6.54 Å². The summed E-state index contributed by atoms with van der Waals surface area (Å²) in [5.74, 6) is 0. The molecule has 0 bridgehead atoms. The van der Waals surface area contributed by atoms with Gasteiger partial charge >= 0.3 is 6.09 Å². The van der Waals surface area contributed by atoms with Gasteiger partial charge in [0.2, 0.25) is 0 Å². The van der Waals surface area contributed by atoms with Crippen molar-refractivity contribution in [3.05, 3.63) is 0 Å². The molecule has 0 aromatic heterocycles. The van der Waals surface area contributed by atoms with Crippen LogP contribution in [-0.2, 0) is 0 Å². The maximum absolute atomic E-state index is 10.2. The SMILES string of the molecule is CCCCCCCCCCCCCCCCCC[N]C(=O)O. The maximum atomic E-state index is 10.2. The fourth-order valence-electron chi connectivity index (χ4n) is 2.83. The smallest absolute Gasteiger partial charge is 0.426 e. The van der Waals surface area contributed by atoms with Gasteiger partial charge in [-0.15, -0.1) is 0 Å². The van der Waals surface area contributed by atoms with Crippen LogP contribution in [0.25, 0.3) is 0 Å². The Morgan fingerprint density at radius 2 is 0.955 bits per heavy atom.